The summed E-state index contributed by atoms with van der Waals surface area (Å²) in [6.45, 7) is 3.20. The molecule has 1 atom stereocenters. The van der Waals surface area contributed by atoms with Gasteiger partial charge in [0.1, 0.15) is 5.82 Å². The van der Waals surface area contributed by atoms with Gasteiger partial charge in [0, 0.05) is 16.1 Å². The first-order valence-corrected chi connectivity index (χ1v) is 7.30. The van der Waals surface area contributed by atoms with Crippen LogP contribution < -0.4 is 5.32 Å². The second kappa shape index (κ2) is 6.48. The summed E-state index contributed by atoms with van der Waals surface area (Å²) in [7, 11) is 0. The minimum Gasteiger partial charge on any atom is -0.314 e. The van der Waals surface area contributed by atoms with Gasteiger partial charge in [-0.2, -0.15) is 0 Å². The molecule has 1 N–H and O–H groups in total. The highest BCUT2D eigenvalue weighted by atomic mass is 79.9. The van der Waals surface area contributed by atoms with Crippen molar-refractivity contribution in [2.45, 2.75) is 38.6 Å². The Morgan fingerprint density at radius 2 is 2.33 bits per heavy atom. The van der Waals surface area contributed by atoms with E-state index < -0.39 is 0 Å². The summed E-state index contributed by atoms with van der Waals surface area (Å²) in [6.07, 6.45) is 6.78. The molecule has 0 radical (unpaired) electrons. The van der Waals surface area contributed by atoms with Crippen molar-refractivity contribution in [1.82, 2.24) is 5.32 Å². The van der Waals surface area contributed by atoms with E-state index in [-0.39, 0.29) is 5.82 Å². The molecule has 1 fully saturated rings. The molecule has 18 heavy (non-hydrogen) atoms. The Bertz CT molecular complexity index is 436. The molecule has 1 aromatic carbocycles. The van der Waals surface area contributed by atoms with E-state index in [9.17, 15) is 4.39 Å². The Hall–Kier alpha value is -0.670. The molecule has 98 valence electrons. The number of halogens is 2. The Labute approximate surface area is 117 Å². The number of hydrogen-bond donors (Lipinski definition) is 1. The van der Waals surface area contributed by atoms with Gasteiger partial charge in [-0.05, 0) is 44.9 Å². The van der Waals surface area contributed by atoms with E-state index in [2.05, 4.69) is 28.2 Å². The predicted molar refractivity (Wildman–Crippen MR) is 78.0 cm³/mol. The van der Waals surface area contributed by atoms with Gasteiger partial charge in [-0.1, -0.05) is 40.1 Å². The molecule has 0 saturated carbocycles. The van der Waals surface area contributed by atoms with Crippen LogP contribution in [0.3, 0.4) is 0 Å². The van der Waals surface area contributed by atoms with Crippen LogP contribution in [0.15, 0.2) is 28.2 Å². The predicted octanol–water partition coefficient (Wildman–Crippen LogP) is 4.52. The van der Waals surface area contributed by atoms with Crippen molar-refractivity contribution in [3.8, 4) is 0 Å². The molecule has 1 aromatic rings. The highest BCUT2D eigenvalue weighted by Gasteiger charge is 2.12. The van der Waals surface area contributed by atoms with Crippen LogP contribution in [0.4, 0.5) is 4.39 Å². The van der Waals surface area contributed by atoms with E-state index in [4.69, 9.17) is 0 Å². The van der Waals surface area contributed by atoms with Crippen molar-refractivity contribution >= 4 is 22.0 Å². The SMILES string of the molecule is C/C(=C/c1ccc(Br)cc1F)CC1CCCCN1. The normalized spacial score (nSPS) is 21.1. The lowest BCUT2D eigenvalue weighted by molar-refractivity contribution is 0.399. The van der Waals surface area contributed by atoms with Crippen molar-refractivity contribution in [2.75, 3.05) is 6.54 Å². The van der Waals surface area contributed by atoms with Crippen molar-refractivity contribution in [1.29, 1.82) is 0 Å². The summed E-state index contributed by atoms with van der Waals surface area (Å²) in [5.41, 5.74) is 1.90. The van der Waals surface area contributed by atoms with E-state index in [1.807, 2.05) is 18.2 Å². The van der Waals surface area contributed by atoms with Crippen LogP contribution in [0, 0.1) is 5.82 Å². The Kier molecular flexibility index (Phi) is 4.95. The zero-order chi connectivity index (χ0) is 13.0. The number of piperidine rings is 1. The summed E-state index contributed by atoms with van der Waals surface area (Å²) in [5.74, 6) is -0.166. The molecule has 1 aliphatic heterocycles. The maximum absolute atomic E-state index is 13.7. The largest absolute Gasteiger partial charge is 0.314 e. The lowest BCUT2D eigenvalue weighted by Crippen LogP contribution is -2.33. The molecule has 1 heterocycles. The molecule has 1 unspecified atom stereocenters. The summed E-state index contributed by atoms with van der Waals surface area (Å²) in [6, 6.07) is 5.77. The highest BCUT2D eigenvalue weighted by Crippen LogP contribution is 2.20. The zero-order valence-corrected chi connectivity index (χ0v) is 12.3. The number of nitrogens with one attached hydrogen (secondary N) is 1. The fourth-order valence-corrected chi connectivity index (χ4v) is 2.76. The van der Waals surface area contributed by atoms with Crippen LogP contribution in [0.25, 0.3) is 6.08 Å². The topological polar surface area (TPSA) is 12.0 Å². The first-order chi connectivity index (χ1) is 8.65. The Balaban J connectivity index is 2.02. The van der Waals surface area contributed by atoms with Crippen LogP contribution in [-0.2, 0) is 0 Å². The second-order valence-electron chi connectivity index (χ2n) is 5.01. The molecule has 1 saturated heterocycles. The maximum Gasteiger partial charge on any atom is 0.131 e. The smallest absolute Gasteiger partial charge is 0.131 e. The number of benzene rings is 1. The van der Waals surface area contributed by atoms with Crippen molar-refractivity contribution in [3.05, 3.63) is 39.6 Å². The van der Waals surface area contributed by atoms with Crippen molar-refractivity contribution < 1.29 is 4.39 Å². The fourth-order valence-electron chi connectivity index (χ4n) is 2.43. The first kappa shape index (κ1) is 13.8. The average molecular weight is 312 g/mol. The Morgan fingerprint density at radius 3 is 3.00 bits per heavy atom. The van der Waals surface area contributed by atoms with Crippen LogP contribution >= 0.6 is 15.9 Å². The van der Waals surface area contributed by atoms with Crippen molar-refractivity contribution in [3.63, 3.8) is 0 Å². The van der Waals surface area contributed by atoms with E-state index >= 15 is 0 Å². The molecular weight excluding hydrogens is 293 g/mol. The van der Waals surface area contributed by atoms with Gasteiger partial charge in [-0.3, -0.25) is 0 Å². The van der Waals surface area contributed by atoms with Gasteiger partial charge < -0.3 is 5.32 Å². The van der Waals surface area contributed by atoms with E-state index in [0.717, 1.165) is 17.4 Å². The molecule has 2 rings (SSSR count). The van der Waals surface area contributed by atoms with Gasteiger partial charge in [-0.15, -0.1) is 0 Å². The maximum atomic E-state index is 13.7. The van der Waals surface area contributed by atoms with Crippen molar-refractivity contribution in [2.24, 2.45) is 0 Å². The molecule has 0 bridgehead atoms. The summed E-state index contributed by atoms with van der Waals surface area (Å²) in [5, 5.41) is 3.52. The monoisotopic (exact) mass is 311 g/mol. The zero-order valence-electron chi connectivity index (χ0n) is 10.7. The van der Waals surface area contributed by atoms with E-state index in [0.29, 0.717) is 11.6 Å². The van der Waals surface area contributed by atoms with Crippen LogP contribution in [-0.4, -0.2) is 12.6 Å². The second-order valence-corrected chi connectivity index (χ2v) is 5.92. The lowest BCUT2D eigenvalue weighted by atomic mass is 9.97. The number of rotatable bonds is 3. The third-order valence-electron chi connectivity index (χ3n) is 3.35. The van der Waals surface area contributed by atoms with Gasteiger partial charge in [0.05, 0.1) is 0 Å². The van der Waals surface area contributed by atoms with Crippen LogP contribution in [0.2, 0.25) is 0 Å². The highest BCUT2D eigenvalue weighted by molar-refractivity contribution is 9.10. The average Bonchev–Trinajstić information content (AvgIpc) is 2.34. The first-order valence-electron chi connectivity index (χ1n) is 6.51. The van der Waals surface area contributed by atoms with Gasteiger partial charge >= 0.3 is 0 Å². The molecule has 0 amide bonds. The van der Waals surface area contributed by atoms with Gasteiger partial charge in [0.15, 0.2) is 0 Å². The quantitative estimate of drug-likeness (QED) is 0.865. The fraction of sp³-hybridized carbons (Fsp3) is 0.467. The molecule has 1 aliphatic rings. The van der Waals surface area contributed by atoms with Gasteiger partial charge in [0.2, 0.25) is 0 Å². The van der Waals surface area contributed by atoms with Crippen LogP contribution in [0.5, 0.6) is 0 Å². The summed E-state index contributed by atoms with van der Waals surface area (Å²) in [4.78, 5) is 0. The third-order valence-corrected chi connectivity index (χ3v) is 3.84. The molecular formula is C15H19BrFN. The lowest BCUT2D eigenvalue weighted by Gasteiger charge is -2.23. The summed E-state index contributed by atoms with van der Waals surface area (Å²) >= 11 is 3.27. The summed E-state index contributed by atoms with van der Waals surface area (Å²) < 4.78 is 14.5. The third kappa shape index (κ3) is 3.92. The van der Waals surface area contributed by atoms with Gasteiger partial charge in [0.25, 0.3) is 0 Å². The number of hydrogen-bond acceptors (Lipinski definition) is 1. The molecule has 0 aliphatic carbocycles. The minimum absolute atomic E-state index is 0.166. The van der Waals surface area contributed by atoms with E-state index in [1.54, 1.807) is 0 Å². The molecule has 1 nitrogen and oxygen atoms in total. The minimum atomic E-state index is -0.166. The molecule has 0 spiro atoms. The molecule has 3 heteroatoms. The van der Waals surface area contributed by atoms with Crippen LogP contribution in [0.1, 0.15) is 38.2 Å². The standard InChI is InChI=1S/C15H19BrFN/c1-11(9-14-4-2-3-7-18-14)8-12-5-6-13(16)10-15(12)17/h5-6,8,10,14,18H,2-4,7,9H2,1H3/b11-8-. The Morgan fingerprint density at radius 1 is 1.50 bits per heavy atom. The molecule has 0 aromatic heterocycles. The van der Waals surface area contributed by atoms with E-state index in [1.165, 1.54) is 30.9 Å². The van der Waals surface area contributed by atoms with Gasteiger partial charge in [-0.25, -0.2) is 4.39 Å².